The third-order valence-electron chi connectivity index (χ3n) is 4.85. The molecule has 1 saturated heterocycles. The maximum atomic E-state index is 12.7. The largest absolute Gasteiger partial charge is 0.371 e. The fourth-order valence-electron chi connectivity index (χ4n) is 2.92. The quantitative estimate of drug-likeness (QED) is 0.796. The van der Waals surface area contributed by atoms with Crippen molar-refractivity contribution in [2.24, 2.45) is 5.73 Å². The zero-order valence-corrected chi connectivity index (χ0v) is 16.6. The molecule has 0 bridgehead atoms. The molecule has 0 spiro atoms. The number of carbonyl (C=O) groups is 1. The Bertz CT molecular complexity index is 527. The summed E-state index contributed by atoms with van der Waals surface area (Å²) in [6.45, 7) is 8.75. The zero-order chi connectivity index (χ0) is 16.2. The molecule has 4 nitrogen and oxygen atoms in total. The van der Waals surface area contributed by atoms with Gasteiger partial charge in [-0.15, -0.1) is 24.8 Å². The molecule has 6 heteroatoms. The first-order valence-corrected chi connectivity index (χ1v) is 8.42. The molecule has 0 aromatic heterocycles. The van der Waals surface area contributed by atoms with Gasteiger partial charge in [-0.25, -0.2) is 0 Å². The number of hydrogen-bond donors (Lipinski definition) is 2. The van der Waals surface area contributed by atoms with Crippen LogP contribution in [0.2, 0.25) is 0 Å². The lowest BCUT2D eigenvalue weighted by Crippen LogP contribution is -2.49. The van der Waals surface area contributed by atoms with Crippen molar-refractivity contribution < 1.29 is 4.79 Å². The summed E-state index contributed by atoms with van der Waals surface area (Å²) in [6.07, 6.45) is 4.12. The highest BCUT2D eigenvalue weighted by molar-refractivity contribution is 6.00. The first kappa shape index (κ1) is 23.0. The van der Waals surface area contributed by atoms with Gasteiger partial charge in [0.15, 0.2) is 0 Å². The van der Waals surface area contributed by atoms with Gasteiger partial charge in [0.25, 0.3) is 5.91 Å². The van der Waals surface area contributed by atoms with Gasteiger partial charge in [-0.05, 0) is 44.7 Å². The van der Waals surface area contributed by atoms with E-state index in [2.05, 4.69) is 36.2 Å². The summed E-state index contributed by atoms with van der Waals surface area (Å²) in [4.78, 5) is 15.0. The van der Waals surface area contributed by atoms with Crippen LogP contribution in [-0.2, 0) is 0 Å². The van der Waals surface area contributed by atoms with Crippen molar-refractivity contribution in [2.75, 3.05) is 24.5 Å². The minimum atomic E-state index is -0.312. The summed E-state index contributed by atoms with van der Waals surface area (Å²) in [6, 6.07) is 6.14. The van der Waals surface area contributed by atoms with E-state index in [4.69, 9.17) is 5.73 Å². The van der Waals surface area contributed by atoms with E-state index < -0.39 is 0 Å². The zero-order valence-electron chi connectivity index (χ0n) is 14.9. The van der Waals surface area contributed by atoms with Gasteiger partial charge in [0.1, 0.15) is 0 Å². The molecule has 0 radical (unpaired) electrons. The van der Waals surface area contributed by atoms with Gasteiger partial charge < -0.3 is 16.0 Å². The molecule has 1 aromatic rings. The van der Waals surface area contributed by atoms with Gasteiger partial charge in [-0.1, -0.05) is 25.5 Å². The van der Waals surface area contributed by atoms with Crippen molar-refractivity contribution in [1.29, 1.82) is 0 Å². The Kier molecular flexibility index (Phi) is 9.71. The van der Waals surface area contributed by atoms with Gasteiger partial charge in [0.05, 0.1) is 5.56 Å². The second-order valence-electron chi connectivity index (χ2n) is 6.47. The molecule has 0 unspecified atom stereocenters. The summed E-state index contributed by atoms with van der Waals surface area (Å²) in [5.41, 5.74) is 8.91. The molecule has 0 aliphatic carbocycles. The van der Waals surface area contributed by atoms with E-state index in [9.17, 15) is 4.79 Å². The fourth-order valence-corrected chi connectivity index (χ4v) is 2.92. The molecule has 138 valence electrons. The molecule has 1 aliphatic heterocycles. The highest BCUT2D eigenvalue weighted by Crippen LogP contribution is 2.26. The van der Waals surface area contributed by atoms with Crippen LogP contribution in [0.5, 0.6) is 0 Å². The lowest BCUT2D eigenvalue weighted by molar-refractivity contribution is 0.0942. The van der Waals surface area contributed by atoms with Crippen LogP contribution in [0, 0.1) is 6.92 Å². The average molecular weight is 376 g/mol. The van der Waals surface area contributed by atoms with Crippen LogP contribution in [0.3, 0.4) is 0 Å². The molecule has 0 atom stereocenters. The fraction of sp³-hybridized carbons (Fsp3) is 0.611. The van der Waals surface area contributed by atoms with E-state index in [0.717, 1.165) is 42.7 Å². The molecule has 1 aromatic carbocycles. The van der Waals surface area contributed by atoms with Crippen molar-refractivity contribution in [3.8, 4) is 0 Å². The van der Waals surface area contributed by atoms with Gasteiger partial charge in [0.2, 0.25) is 0 Å². The standard InChI is InChI=1S/C18H29N3O.2ClH/c1-4-18(19,5-2)13-20-17(22)15-12-14(3)8-9-16(15)21-10-6-7-11-21;;/h8-9,12H,4-7,10-11,13,19H2,1-3H3,(H,20,22);2*1H. The maximum Gasteiger partial charge on any atom is 0.253 e. The second kappa shape index (κ2) is 10.1. The van der Waals surface area contributed by atoms with Crippen LogP contribution in [0.15, 0.2) is 18.2 Å². The number of nitrogens with zero attached hydrogens (tertiary/aromatic N) is 1. The Morgan fingerprint density at radius 3 is 2.33 bits per heavy atom. The summed E-state index contributed by atoms with van der Waals surface area (Å²) in [7, 11) is 0. The minimum absolute atomic E-state index is 0. The number of carbonyl (C=O) groups excluding carboxylic acids is 1. The number of rotatable bonds is 6. The molecule has 1 heterocycles. The summed E-state index contributed by atoms with van der Waals surface area (Å²) in [5, 5.41) is 3.04. The third kappa shape index (κ3) is 5.54. The van der Waals surface area contributed by atoms with Gasteiger partial charge in [0, 0.05) is 30.9 Å². The van der Waals surface area contributed by atoms with Gasteiger partial charge in [-0.3, -0.25) is 4.79 Å². The second-order valence-corrected chi connectivity index (χ2v) is 6.47. The Labute approximate surface area is 158 Å². The number of aryl methyl sites for hydroxylation is 1. The molecule has 2 rings (SSSR count). The van der Waals surface area contributed by atoms with Gasteiger partial charge in [-0.2, -0.15) is 0 Å². The van der Waals surface area contributed by atoms with E-state index >= 15 is 0 Å². The lowest BCUT2D eigenvalue weighted by atomic mass is 9.94. The smallest absolute Gasteiger partial charge is 0.253 e. The summed E-state index contributed by atoms with van der Waals surface area (Å²) in [5.74, 6) is -0.0117. The average Bonchev–Trinajstić information content (AvgIpc) is 3.06. The summed E-state index contributed by atoms with van der Waals surface area (Å²) < 4.78 is 0. The number of nitrogens with two attached hydrogens (primary N) is 1. The molecule has 1 aliphatic rings. The number of benzene rings is 1. The number of amides is 1. The number of nitrogens with one attached hydrogen (secondary N) is 1. The van der Waals surface area contributed by atoms with Crippen LogP contribution in [0.1, 0.15) is 55.5 Å². The third-order valence-corrected chi connectivity index (χ3v) is 4.85. The Hall–Kier alpha value is -0.970. The molecule has 1 amide bonds. The van der Waals surface area contributed by atoms with Gasteiger partial charge >= 0.3 is 0 Å². The van der Waals surface area contributed by atoms with E-state index in [1.807, 2.05) is 13.0 Å². The van der Waals surface area contributed by atoms with E-state index in [1.165, 1.54) is 12.8 Å². The van der Waals surface area contributed by atoms with Crippen molar-refractivity contribution >= 4 is 36.4 Å². The molecule has 1 fully saturated rings. The molecule has 0 saturated carbocycles. The monoisotopic (exact) mass is 375 g/mol. The van der Waals surface area contributed by atoms with Crippen molar-refractivity contribution in [3.05, 3.63) is 29.3 Å². The summed E-state index contributed by atoms with van der Waals surface area (Å²) >= 11 is 0. The van der Waals surface area contributed by atoms with Crippen LogP contribution in [-0.4, -0.2) is 31.1 Å². The first-order chi connectivity index (χ1) is 10.5. The molecule has 3 N–H and O–H groups in total. The lowest BCUT2D eigenvalue weighted by Gasteiger charge is -2.27. The minimum Gasteiger partial charge on any atom is -0.371 e. The van der Waals surface area contributed by atoms with Crippen LogP contribution in [0.25, 0.3) is 0 Å². The number of anilines is 1. The topological polar surface area (TPSA) is 58.4 Å². The highest BCUT2D eigenvalue weighted by atomic mass is 35.5. The predicted molar refractivity (Wildman–Crippen MR) is 107 cm³/mol. The first-order valence-electron chi connectivity index (χ1n) is 8.42. The molecular formula is C18H31Cl2N3O. The normalized spacial score (nSPS) is 13.9. The van der Waals surface area contributed by atoms with E-state index in [-0.39, 0.29) is 36.3 Å². The molecular weight excluding hydrogens is 345 g/mol. The number of hydrogen-bond acceptors (Lipinski definition) is 3. The highest BCUT2D eigenvalue weighted by Gasteiger charge is 2.23. The van der Waals surface area contributed by atoms with Crippen LogP contribution < -0.4 is 16.0 Å². The van der Waals surface area contributed by atoms with E-state index in [0.29, 0.717) is 6.54 Å². The maximum absolute atomic E-state index is 12.7. The molecule has 24 heavy (non-hydrogen) atoms. The Morgan fingerprint density at radius 2 is 1.79 bits per heavy atom. The van der Waals surface area contributed by atoms with Crippen molar-refractivity contribution in [2.45, 2.75) is 52.0 Å². The Morgan fingerprint density at radius 1 is 1.21 bits per heavy atom. The van der Waals surface area contributed by atoms with Crippen molar-refractivity contribution in [3.63, 3.8) is 0 Å². The van der Waals surface area contributed by atoms with Crippen LogP contribution >= 0.6 is 24.8 Å². The van der Waals surface area contributed by atoms with E-state index in [1.54, 1.807) is 0 Å². The van der Waals surface area contributed by atoms with Crippen LogP contribution in [0.4, 0.5) is 5.69 Å². The number of halogens is 2. The predicted octanol–water partition coefficient (Wildman–Crippen LogP) is 3.69. The van der Waals surface area contributed by atoms with Crippen molar-refractivity contribution in [1.82, 2.24) is 5.32 Å². The SMILES string of the molecule is CCC(N)(CC)CNC(=O)c1cc(C)ccc1N1CCCC1.Cl.Cl. The Balaban J connectivity index is 0.00000264.